The van der Waals surface area contributed by atoms with Crippen LogP contribution in [0.5, 0.6) is 0 Å². The number of aliphatic carboxylic acids is 1. The van der Waals surface area contributed by atoms with Gasteiger partial charge in [-0.1, -0.05) is 13.3 Å². The van der Waals surface area contributed by atoms with E-state index in [9.17, 15) is 9.90 Å². The smallest absolute Gasteiger partial charge is 0.323 e. The van der Waals surface area contributed by atoms with E-state index in [1.165, 1.54) is 32.4 Å². The SMILES string of the molecule is CCCNC(C)(CCCN1CC2CCCC2C1)C(=O)O. The minimum absolute atomic E-state index is 0.716. The van der Waals surface area contributed by atoms with Crippen LogP contribution in [-0.2, 0) is 4.79 Å². The third-order valence-corrected chi connectivity index (χ3v) is 5.19. The molecule has 2 rings (SSSR count). The zero-order valence-electron chi connectivity index (χ0n) is 13.0. The van der Waals surface area contributed by atoms with Crippen molar-refractivity contribution in [3.63, 3.8) is 0 Å². The third-order valence-electron chi connectivity index (χ3n) is 5.19. The van der Waals surface area contributed by atoms with Crippen molar-refractivity contribution >= 4 is 5.97 Å². The van der Waals surface area contributed by atoms with Gasteiger partial charge in [-0.25, -0.2) is 0 Å². The number of carboxylic acid groups (broad SMARTS) is 1. The van der Waals surface area contributed by atoms with Crippen LogP contribution in [0.3, 0.4) is 0 Å². The first-order valence-electron chi connectivity index (χ1n) is 8.26. The van der Waals surface area contributed by atoms with Gasteiger partial charge in [-0.05, 0) is 64.0 Å². The molecule has 3 atom stereocenters. The summed E-state index contributed by atoms with van der Waals surface area (Å²) in [5, 5.41) is 12.6. The lowest BCUT2D eigenvalue weighted by atomic mass is 9.95. The molecule has 2 fully saturated rings. The number of fused-ring (bicyclic) bond motifs is 1. The van der Waals surface area contributed by atoms with Gasteiger partial charge in [0.05, 0.1) is 0 Å². The quantitative estimate of drug-likeness (QED) is 0.717. The van der Waals surface area contributed by atoms with Crippen LogP contribution in [0, 0.1) is 11.8 Å². The van der Waals surface area contributed by atoms with Crippen LogP contribution in [0.2, 0.25) is 0 Å². The molecule has 116 valence electrons. The van der Waals surface area contributed by atoms with Crippen LogP contribution >= 0.6 is 0 Å². The molecule has 0 aromatic carbocycles. The van der Waals surface area contributed by atoms with E-state index in [0.29, 0.717) is 6.42 Å². The van der Waals surface area contributed by atoms with Crippen molar-refractivity contribution < 1.29 is 9.90 Å². The summed E-state index contributed by atoms with van der Waals surface area (Å²) in [6.07, 6.45) is 6.89. The maximum absolute atomic E-state index is 11.4. The van der Waals surface area contributed by atoms with E-state index >= 15 is 0 Å². The fourth-order valence-electron chi connectivity index (χ4n) is 3.84. The Labute approximate surface area is 122 Å². The van der Waals surface area contributed by atoms with E-state index in [4.69, 9.17) is 0 Å². The first-order valence-corrected chi connectivity index (χ1v) is 8.26. The van der Waals surface area contributed by atoms with Crippen LogP contribution < -0.4 is 5.32 Å². The number of rotatable bonds is 8. The summed E-state index contributed by atoms with van der Waals surface area (Å²) in [5.41, 5.74) is -0.758. The molecule has 0 radical (unpaired) electrons. The Hall–Kier alpha value is -0.610. The minimum Gasteiger partial charge on any atom is -0.480 e. The molecule has 1 saturated carbocycles. The highest BCUT2D eigenvalue weighted by atomic mass is 16.4. The molecule has 20 heavy (non-hydrogen) atoms. The van der Waals surface area contributed by atoms with Gasteiger partial charge >= 0.3 is 5.97 Å². The van der Waals surface area contributed by atoms with Crippen LogP contribution in [-0.4, -0.2) is 47.7 Å². The predicted molar refractivity (Wildman–Crippen MR) is 80.8 cm³/mol. The Morgan fingerprint density at radius 2 is 2.00 bits per heavy atom. The van der Waals surface area contributed by atoms with Crippen molar-refractivity contribution in [2.75, 3.05) is 26.2 Å². The lowest BCUT2D eigenvalue weighted by molar-refractivity contribution is -0.144. The van der Waals surface area contributed by atoms with Crippen LogP contribution in [0.1, 0.15) is 52.4 Å². The van der Waals surface area contributed by atoms with Crippen molar-refractivity contribution in [1.82, 2.24) is 10.2 Å². The Balaban J connectivity index is 1.72. The van der Waals surface area contributed by atoms with Crippen molar-refractivity contribution in [1.29, 1.82) is 0 Å². The molecule has 0 aromatic heterocycles. The van der Waals surface area contributed by atoms with Crippen molar-refractivity contribution in [2.24, 2.45) is 11.8 Å². The standard InChI is InChI=1S/C16H30N2O2/c1-3-9-17-16(2,15(19)20)8-5-10-18-11-13-6-4-7-14(13)12-18/h13-14,17H,3-12H2,1-2H3,(H,19,20). The third kappa shape index (κ3) is 3.73. The fourth-order valence-corrected chi connectivity index (χ4v) is 3.84. The summed E-state index contributed by atoms with van der Waals surface area (Å²) in [7, 11) is 0. The maximum atomic E-state index is 11.4. The van der Waals surface area contributed by atoms with E-state index in [-0.39, 0.29) is 0 Å². The number of nitrogens with zero attached hydrogens (tertiary/aromatic N) is 1. The molecule has 1 aliphatic carbocycles. The molecule has 1 aliphatic heterocycles. The highest BCUT2D eigenvalue weighted by Crippen LogP contribution is 2.37. The minimum atomic E-state index is -0.758. The fraction of sp³-hybridized carbons (Fsp3) is 0.938. The average Bonchev–Trinajstić information content (AvgIpc) is 2.97. The lowest BCUT2D eigenvalue weighted by Gasteiger charge is -2.27. The van der Waals surface area contributed by atoms with Crippen LogP contribution in [0.25, 0.3) is 0 Å². The topological polar surface area (TPSA) is 52.6 Å². The van der Waals surface area contributed by atoms with Gasteiger partial charge in [-0.3, -0.25) is 4.79 Å². The monoisotopic (exact) mass is 282 g/mol. The van der Waals surface area contributed by atoms with E-state index in [1.54, 1.807) is 0 Å². The highest BCUT2D eigenvalue weighted by Gasteiger charge is 2.36. The Kier molecular flexibility index (Phi) is 5.44. The summed E-state index contributed by atoms with van der Waals surface area (Å²) in [4.78, 5) is 14.0. The van der Waals surface area contributed by atoms with Crippen LogP contribution in [0.15, 0.2) is 0 Å². The molecule has 4 heteroatoms. The Morgan fingerprint density at radius 1 is 1.35 bits per heavy atom. The second-order valence-electron chi connectivity index (χ2n) is 6.88. The molecule has 1 saturated heterocycles. The number of hydrogen-bond donors (Lipinski definition) is 2. The van der Waals surface area contributed by atoms with Crippen molar-refractivity contribution in [3.05, 3.63) is 0 Å². The first kappa shape index (κ1) is 15.8. The molecule has 3 unspecified atom stereocenters. The summed E-state index contributed by atoms with van der Waals surface area (Å²) in [5.74, 6) is 1.14. The zero-order valence-corrected chi connectivity index (χ0v) is 13.0. The lowest BCUT2D eigenvalue weighted by Crippen LogP contribution is -2.50. The van der Waals surface area contributed by atoms with Crippen LogP contribution in [0.4, 0.5) is 0 Å². The molecule has 0 amide bonds. The molecule has 1 heterocycles. The van der Waals surface area contributed by atoms with Gasteiger partial charge in [-0.15, -0.1) is 0 Å². The second-order valence-corrected chi connectivity index (χ2v) is 6.88. The molecule has 0 bridgehead atoms. The second kappa shape index (κ2) is 6.90. The number of carbonyl (C=O) groups is 1. The molecular formula is C16H30N2O2. The van der Waals surface area contributed by atoms with Gasteiger partial charge in [0.15, 0.2) is 0 Å². The molecule has 0 spiro atoms. The molecule has 4 nitrogen and oxygen atoms in total. The van der Waals surface area contributed by atoms with E-state index < -0.39 is 11.5 Å². The predicted octanol–water partition coefficient (Wildman–Crippen LogP) is 2.34. The number of likely N-dealkylation sites (tertiary alicyclic amines) is 1. The van der Waals surface area contributed by atoms with Gasteiger partial charge < -0.3 is 15.3 Å². The number of nitrogens with one attached hydrogen (secondary N) is 1. The maximum Gasteiger partial charge on any atom is 0.323 e. The molecule has 2 aliphatic rings. The van der Waals surface area contributed by atoms with Gasteiger partial charge in [0, 0.05) is 13.1 Å². The number of hydrogen-bond acceptors (Lipinski definition) is 3. The molecular weight excluding hydrogens is 252 g/mol. The zero-order chi connectivity index (χ0) is 14.6. The highest BCUT2D eigenvalue weighted by molar-refractivity contribution is 5.78. The van der Waals surface area contributed by atoms with E-state index in [2.05, 4.69) is 17.1 Å². The van der Waals surface area contributed by atoms with Gasteiger partial charge in [0.25, 0.3) is 0 Å². The number of carboxylic acids is 1. The average molecular weight is 282 g/mol. The summed E-state index contributed by atoms with van der Waals surface area (Å²) in [6, 6.07) is 0. The first-order chi connectivity index (χ1) is 9.55. The summed E-state index contributed by atoms with van der Waals surface area (Å²) in [6.45, 7) is 8.22. The summed E-state index contributed by atoms with van der Waals surface area (Å²) < 4.78 is 0. The van der Waals surface area contributed by atoms with E-state index in [1.807, 2.05) is 6.92 Å². The molecule has 0 aromatic rings. The Bertz CT molecular complexity index is 322. The normalized spacial score (nSPS) is 29.3. The van der Waals surface area contributed by atoms with Crippen molar-refractivity contribution in [3.8, 4) is 0 Å². The van der Waals surface area contributed by atoms with Gasteiger partial charge in [0.2, 0.25) is 0 Å². The van der Waals surface area contributed by atoms with Crippen molar-refractivity contribution in [2.45, 2.75) is 57.9 Å². The summed E-state index contributed by atoms with van der Waals surface area (Å²) >= 11 is 0. The Morgan fingerprint density at radius 3 is 2.55 bits per heavy atom. The van der Waals surface area contributed by atoms with Gasteiger partial charge in [0.1, 0.15) is 5.54 Å². The van der Waals surface area contributed by atoms with Gasteiger partial charge in [-0.2, -0.15) is 0 Å². The molecule has 2 N–H and O–H groups in total. The largest absolute Gasteiger partial charge is 0.480 e. The van der Waals surface area contributed by atoms with E-state index in [0.717, 1.165) is 37.8 Å².